The molecule has 0 amide bonds. The molecular weight excluding hydrogens is 414 g/mol. The second kappa shape index (κ2) is 7.81. The number of benzene rings is 2. The number of fused-ring (bicyclic) bond motifs is 1. The minimum atomic E-state index is -4.08. The van der Waals surface area contributed by atoms with Crippen LogP contribution >= 0.6 is 0 Å². The van der Waals surface area contributed by atoms with Crippen molar-refractivity contribution in [3.05, 3.63) is 95.9 Å². The molecule has 0 bridgehead atoms. The van der Waals surface area contributed by atoms with Gasteiger partial charge in [0.15, 0.2) is 18.1 Å². The highest BCUT2D eigenvalue weighted by atomic mass is 32.2. The van der Waals surface area contributed by atoms with E-state index in [2.05, 4.69) is 4.72 Å². The van der Waals surface area contributed by atoms with Gasteiger partial charge in [0.05, 0.1) is 4.90 Å². The quantitative estimate of drug-likeness (QED) is 0.623. The summed E-state index contributed by atoms with van der Waals surface area (Å²) in [7, 11) is -0.326. The topological polar surface area (TPSA) is 87.4 Å². The van der Waals surface area contributed by atoms with Gasteiger partial charge < -0.3 is 4.90 Å². The Morgan fingerprint density at radius 1 is 0.774 bits per heavy atom. The summed E-state index contributed by atoms with van der Waals surface area (Å²) in [6.07, 6.45) is 3.25. The zero-order valence-electron chi connectivity index (χ0n) is 16.9. The monoisotopic (exact) mass is 434 g/mol. The van der Waals surface area contributed by atoms with Crippen LogP contribution in [0.1, 0.15) is 20.7 Å². The van der Waals surface area contributed by atoms with E-state index >= 15 is 0 Å². The van der Waals surface area contributed by atoms with Gasteiger partial charge in [0.25, 0.3) is 21.5 Å². The molecule has 1 aromatic heterocycles. The zero-order valence-corrected chi connectivity index (χ0v) is 17.8. The number of ketones is 2. The molecule has 8 heteroatoms. The van der Waals surface area contributed by atoms with Crippen LogP contribution in [0.25, 0.3) is 5.70 Å². The van der Waals surface area contributed by atoms with E-state index in [-0.39, 0.29) is 27.4 Å². The average Bonchev–Trinajstić information content (AvgIpc) is 2.78. The number of nitrogens with one attached hydrogen (secondary N) is 1. The van der Waals surface area contributed by atoms with Gasteiger partial charge in [-0.3, -0.25) is 14.3 Å². The standard InChI is InChI=1S/C23H19N3O4S/c1-25(2)16-12-14-26(15-13-16)21-20(24-31(29,30)17-8-4-3-5-9-17)22(27)18-10-6-7-11-19(18)23(21)28/h3-15H,1-2H3/p+1. The maximum atomic E-state index is 13.3. The smallest absolute Gasteiger partial charge is 0.287 e. The van der Waals surface area contributed by atoms with Gasteiger partial charge in [-0.2, -0.15) is 4.57 Å². The number of pyridine rings is 1. The van der Waals surface area contributed by atoms with Gasteiger partial charge in [-0.15, -0.1) is 0 Å². The van der Waals surface area contributed by atoms with E-state index in [0.29, 0.717) is 0 Å². The molecule has 2 aromatic carbocycles. The summed E-state index contributed by atoms with van der Waals surface area (Å²) in [5, 5.41) is 0. The molecule has 0 aliphatic heterocycles. The summed E-state index contributed by atoms with van der Waals surface area (Å²) in [5.41, 5.74) is 0.948. The number of carbonyl (C=O) groups is 2. The highest BCUT2D eigenvalue weighted by molar-refractivity contribution is 7.89. The van der Waals surface area contributed by atoms with E-state index in [1.54, 1.807) is 60.9 Å². The molecular formula is C23H20N3O4S+. The predicted molar refractivity (Wildman–Crippen MR) is 116 cm³/mol. The molecule has 0 saturated carbocycles. The minimum Gasteiger partial charge on any atom is -0.377 e. The number of aromatic nitrogens is 1. The summed E-state index contributed by atoms with van der Waals surface area (Å²) in [4.78, 5) is 28.5. The Hall–Kier alpha value is -3.78. The van der Waals surface area contributed by atoms with Crippen molar-refractivity contribution >= 4 is 33.0 Å². The summed E-state index contributed by atoms with van der Waals surface area (Å²) in [6, 6.07) is 17.6. The van der Waals surface area contributed by atoms with Crippen LogP contribution in [0.15, 0.2) is 89.7 Å². The third-order valence-corrected chi connectivity index (χ3v) is 6.34. The number of Topliss-reactive ketones (excluding diaryl/α,β-unsaturated/α-hetero) is 2. The molecule has 4 rings (SSSR count). The van der Waals surface area contributed by atoms with Crippen LogP contribution in [-0.4, -0.2) is 34.1 Å². The third kappa shape index (κ3) is 3.73. The number of nitrogens with zero attached hydrogens (tertiary/aromatic N) is 2. The van der Waals surface area contributed by atoms with Crippen LogP contribution in [-0.2, 0) is 10.0 Å². The first-order valence-electron chi connectivity index (χ1n) is 9.49. The lowest BCUT2D eigenvalue weighted by Crippen LogP contribution is -2.44. The fourth-order valence-corrected chi connectivity index (χ4v) is 4.45. The Morgan fingerprint density at radius 3 is 1.90 bits per heavy atom. The highest BCUT2D eigenvalue weighted by Gasteiger charge is 2.40. The van der Waals surface area contributed by atoms with E-state index in [9.17, 15) is 18.0 Å². The Morgan fingerprint density at radius 2 is 1.32 bits per heavy atom. The van der Waals surface area contributed by atoms with Crippen molar-refractivity contribution < 1.29 is 22.6 Å². The number of sulfonamides is 1. The van der Waals surface area contributed by atoms with Crippen LogP contribution in [0.3, 0.4) is 0 Å². The molecule has 0 fully saturated rings. The number of anilines is 1. The Labute approximate surface area is 180 Å². The predicted octanol–water partition coefficient (Wildman–Crippen LogP) is 2.27. The molecule has 1 heterocycles. The lowest BCUT2D eigenvalue weighted by molar-refractivity contribution is -0.577. The Bertz CT molecular complexity index is 1310. The van der Waals surface area contributed by atoms with Crippen molar-refractivity contribution in [1.82, 2.24) is 4.72 Å². The maximum absolute atomic E-state index is 13.3. The fraction of sp³-hybridized carbons (Fsp3) is 0.0870. The van der Waals surface area contributed by atoms with E-state index in [4.69, 9.17) is 0 Å². The van der Waals surface area contributed by atoms with Crippen molar-refractivity contribution in [2.45, 2.75) is 4.90 Å². The number of rotatable bonds is 5. The van der Waals surface area contributed by atoms with Crippen molar-refractivity contribution in [1.29, 1.82) is 0 Å². The lowest BCUT2D eigenvalue weighted by atomic mass is 9.90. The van der Waals surface area contributed by atoms with Crippen LogP contribution in [0.5, 0.6) is 0 Å². The summed E-state index contributed by atoms with van der Waals surface area (Å²) >= 11 is 0. The van der Waals surface area contributed by atoms with Crippen molar-refractivity contribution in [2.75, 3.05) is 19.0 Å². The molecule has 7 nitrogen and oxygen atoms in total. The minimum absolute atomic E-state index is 0.00564. The lowest BCUT2D eigenvalue weighted by Gasteiger charge is -2.19. The van der Waals surface area contributed by atoms with E-state index in [1.807, 2.05) is 19.0 Å². The van der Waals surface area contributed by atoms with E-state index in [0.717, 1.165) is 5.69 Å². The normalized spacial score (nSPS) is 13.7. The summed E-state index contributed by atoms with van der Waals surface area (Å²) in [6.45, 7) is 0. The first kappa shape index (κ1) is 20.5. The fourth-order valence-electron chi connectivity index (χ4n) is 3.36. The number of carbonyl (C=O) groups excluding carboxylic acids is 2. The molecule has 3 aromatic rings. The van der Waals surface area contributed by atoms with Crippen molar-refractivity contribution in [2.24, 2.45) is 0 Å². The van der Waals surface area contributed by atoms with Gasteiger partial charge in [-0.25, -0.2) is 8.42 Å². The molecule has 0 radical (unpaired) electrons. The number of hydrogen-bond donors (Lipinski definition) is 1. The van der Waals surface area contributed by atoms with E-state index in [1.165, 1.54) is 22.8 Å². The van der Waals surface area contributed by atoms with Gasteiger partial charge in [-0.05, 0) is 12.1 Å². The van der Waals surface area contributed by atoms with Gasteiger partial charge in [-0.1, -0.05) is 42.5 Å². The van der Waals surface area contributed by atoms with Gasteiger partial charge >= 0.3 is 0 Å². The first-order valence-corrected chi connectivity index (χ1v) is 11.0. The Kier molecular flexibility index (Phi) is 5.16. The molecule has 0 unspecified atom stereocenters. The zero-order chi connectivity index (χ0) is 22.2. The SMILES string of the molecule is CN(C)c1cc[n+](C2=C(NS(=O)(=O)c3ccccc3)C(=O)c3ccccc3C2=O)cc1. The molecule has 1 N–H and O–H groups in total. The second-order valence-electron chi connectivity index (χ2n) is 7.20. The van der Waals surface area contributed by atoms with E-state index < -0.39 is 21.6 Å². The summed E-state index contributed by atoms with van der Waals surface area (Å²) in [5.74, 6) is -1.00. The van der Waals surface area contributed by atoms with Gasteiger partial charge in [0.1, 0.15) is 0 Å². The molecule has 0 saturated heterocycles. The third-order valence-electron chi connectivity index (χ3n) is 4.97. The largest absolute Gasteiger partial charge is 0.377 e. The maximum Gasteiger partial charge on any atom is 0.287 e. The number of allylic oxidation sites excluding steroid dienone is 2. The van der Waals surface area contributed by atoms with Crippen LogP contribution < -0.4 is 14.2 Å². The summed E-state index contributed by atoms with van der Waals surface area (Å²) < 4.78 is 29.8. The van der Waals surface area contributed by atoms with Crippen molar-refractivity contribution in [3.63, 3.8) is 0 Å². The molecule has 0 spiro atoms. The van der Waals surface area contributed by atoms with Crippen LogP contribution in [0.2, 0.25) is 0 Å². The molecule has 31 heavy (non-hydrogen) atoms. The van der Waals surface area contributed by atoms with Crippen LogP contribution in [0.4, 0.5) is 5.69 Å². The highest BCUT2D eigenvalue weighted by Crippen LogP contribution is 2.26. The molecule has 0 atom stereocenters. The molecule has 156 valence electrons. The molecule has 1 aliphatic rings. The van der Waals surface area contributed by atoms with Crippen molar-refractivity contribution in [3.8, 4) is 0 Å². The first-order chi connectivity index (χ1) is 14.8. The average molecular weight is 434 g/mol. The Balaban J connectivity index is 1.90. The molecule has 1 aliphatic carbocycles. The number of hydrogen-bond acceptors (Lipinski definition) is 5. The van der Waals surface area contributed by atoms with Gasteiger partial charge in [0.2, 0.25) is 5.78 Å². The van der Waals surface area contributed by atoms with Crippen LogP contribution in [0, 0.1) is 0 Å². The second-order valence-corrected chi connectivity index (χ2v) is 8.89. The van der Waals surface area contributed by atoms with Gasteiger partial charge in [0, 0.05) is 43.0 Å².